The second-order valence-electron chi connectivity index (χ2n) is 6.09. The number of rotatable bonds is 6. The van der Waals surface area contributed by atoms with Gasteiger partial charge in [0.2, 0.25) is 5.91 Å². The predicted molar refractivity (Wildman–Crippen MR) is 86.4 cm³/mol. The third-order valence-electron chi connectivity index (χ3n) is 3.83. The molecule has 0 heterocycles. The zero-order valence-electron chi connectivity index (χ0n) is 13.3. The molecule has 0 unspecified atom stereocenters. The van der Waals surface area contributed by atoms with Gasteiger partial charge in [-0.3, -0.25) is 4.79 Å². The maximum atomic E-state index is 11.9. The highest BCUT2D eigenvalue weighted by molar-refractivity contribution is 5.91. The molecule has 0 aromatic heterocycles. The van der Waals surface area contributed by atoms with Crippen molar-refractivity contribution in [3.05, 3.63) is 41.5 Å². The smallest absolute Gasteiger partial charge is 0.244 e. The van der Waals surface area contributed by atoms with Crippen molar-refractivity contribution in [2.24, 2.45) is 17.8 Å². The van der Waals surface area contributed by atoms with Gasteiger partial charge in [0.15, 0.2) is 0 Å². The fraction of sp³-hybridized carbons (Fsp3) is 0.500. The van der Waals surface area contributed by atoms with Gasteiger partial charge in [0.1, 0.15) is 0 Å². The third-order valence-corrected chi connectivity index (χ3v) is 3.83. The van der Waals surface area contributed by atoms with E-state index in [-0.39, 0.29) is 5.91 Å². The van der Waals surface area contributed by atoms with Gasteiger partial charge in [-0.05, 0) is 41.9 Å². The largest absolute Gasteiger partial charge is 0.352 e. The lowest BCUT2D eigenvalue weighted by Crippen LogP contribution is -2.32. The Morgan fingerprint density at radius 3 is 2.30 bits per heavy atom. The van der Waals surface area contributed by atoms with Crippen LogP contribution in [-0.2, 0) is 4.79 Å². The van der Waals surface area contributed by atoms with Gasteiger partial charge in [0.05, 0.1) is 0 Å². The number of amides is 1. The molecule has 1 amide bonds. The van der Waals surface area contributed by atoms with Crippen molar-refractivity contribution in [3.8, 4) is 0 Å². The average molecular weight is 273 g/mol. The first-order valence-electron chi connectivity index (χ1n) is 7.43. The van der Waals surface area contributed by atoms with Crippen LogP contribution in [0.4, 0.5) is 0 Å². The van der Waals surface area contributed by atoms with E-state index in [1.54, 1.807) is 6.08 Å². The lowest BCUT2D eigenvalue weighted by molar-refractivity contribution is -0.116. The Hall–Kier alpha value is -1.57. The number of aryl methyl sites for hydroxylation is 1. The van der Waals surface area contributed by atoms with E-state index in [2.05, 4.69) is 33.0 Å². The molecule has 0 atom stereocenters. The summed E-state index contributed by atoms with van der Waals surface area (Å²) in [4.78, 5) is 11.9. The number of benzene rings is 1. The Kier molecular flexibility index (Phi) is 6.50. The number of nitrogens with one attached hydrogen (secondary N) is 1. The fourth-order valence-corrected chi connectivity index (χ4v) is 2.46. The summed E-state index contributed by atoms with van der Waals surface area (Å²) in [5.41, 5.74) is 2.27. The zero-order valence-corrected chi connectivity index (χ0v) is 13.3. The van der Waals surface area contributed by atoms with E-state index in [0.29, 0.717) is 17.8 Å². The molecule has 1 N–H and O–H groups in total. The van der Waals surface area contributed by atoms with E-state index in [1.165, 1.54) is 5.56 Å². The van der Waals surface area contributed by atoms with Crippen molar-refractivity contribution in [2.75, 3.05) is 6.54 Å². The van der Waals surface area contributed by atoms with E-state index >= 15 is 0 Å². The Morgan fingerprint density at radius 2 is 1.75 bits per heavy atom. The molecule has 0 fully saturated rings. The van der Waals surface area contributed by atoms with Crippen LogP contribution in [0.1, 0.15) is 38.8 Å². The molecule has 0 spiro atoms. The highest BCUT2D eigenvalue weighted by atomic mass is 16.1. The van der Waals surface area contributed by atoms with E-state index in [4.69, 9.17) is 0 Å². The first-order valence-corrected chi connectivity index (χ1v) is 7.43. The summed E-state index contributed by atoms with van der Waals surface area (Å²) in [5, 5.41) is 3.01. The summed E-state index contributed by atoms with van der Waals surface area (Å²) in [6.07, 6.45) is 3.50. The van der Waals surface area contributed by atoms with Crippen LogP contribution in [-0.4, -0.2) is 12.5 Å². The minimum absolute atomic E-state index is 0.0143. The summed E-state index contributed by atoms with van der Waals surface area (Å²) < 4.78 is 0. The van der Waals surface area contributed by atoms with Crippen molar-refractivity contribution in [2.45, 2.75) is 34.6 Å². The number of hydrogen-bond acceptors (Lipinski definition) is 1. The standard InChI is InChI=1S/C18H27NO/c1-13(2)17(14(3)4)12-19-18(20)11-10-16-9-7-6-8-15(16)5/h6-11,13-14,17H,12H2,1-5H3,(H,19,20)/b11-10+. The molecule has 1 aromatic rings. The van der Waals surface area contributed by atoms with Gasteiger partial charge in [0, 0.05) is 12.6 Å². The second-order valence-corrected chi connectivity index (χ2v) is 6.09. The summed E-state index contributed by atoms with van der Waals surface area (Å²) in [6.45, 7) is 11.6. The molecule has 1 rings (SSSR count). The molecule has 0 saturated heterocycles. The Labute approximate surface area is 123 Å². The lowest BCUT2D eigenvalue weighted by Gasteiger charge is -2.24. The number of carbonyl (C=O) groups excluding carboxylic acids is 1. The maximum Gasteiger partial charge on any atom is 0.244 e. The summed E-state index contributed by atoms with van der Waals surface area (Å²) >= 11 is 0. The van der Waals surface area contributed by atoms with Crippen molar-refractivity contribution in [3.63, 3.8) is 0 Å². The quantitative estimate of drug-likeness (QED) is 0.778. The maximum absolute atomic E-state index is 11.9. The summed E-state index contributed by atoms with van der Waals surface area (Å²) in [6, 6.07) is 8.05. The highest BCUT2D eigenvalue weighted by Crippen LogP contribution is 2.19. The predicted octanol–water partition coefficient (Wildman–Crippen LogP) is 4.05. The first-order chi connectivity index (χ1) is 9.41. The Bertz CT molecular complexity index is 452. The molecule has 0 bridgehead atoms. The molecule has 110 valence electrons. The van der Waals surface area contributed by atoms with Gasteiger partial charge < -0.3 is 5.32 Å². The van der Waals surface area contributed by atoms with E-state index < -0.39 is 0 Å². The van der Waals surface area contributed by atoms with Gasteiger partial charge in [0.25, 0.3) is 0 Å². The third kappa shape index (κ3) is 5.20. The molecule has 1 aromatic carbocycles. The van der Waals surface area contributed by atoms with Crippen LogP contribution in [0.2, 0.25) is 0 Å². The lowest BCUT2D eigenvalue weighted by atomic mass is 9.85. The van der Waals surface area contributed by atoms with Crippen LogP contribution in [0.5, 0.6) is 0 Å². The number of hydrogen-bond donors (Lipinski definition) is 1. The molecule has 0 aliphatic heterocycles. The fourth-order valence-electron chi connectivity index (χ4n) is 2.46. The first kappa shape index (κ1) is 16.5. The minimum atomic E-state index is -0.0143. The van der Waals surface area contributed by atoms with Crippen molar-refractivity contribution in [1.82, 2.24) is 5.32 Å². The van der Waals surface area contributed by atoms with Gasteiger partial charge in [-0.1, -0.05) is 52.0 Å². The minimum Gasteiger partial charge on any atom is -0.352 e. The molecule has 20 heavy (non-hydrogen) atoms. The molecule has 2 nitrogen and oxygen atoms in total. The zero-order chi connectivity index (χ0) is 15.1. The van der Waals surface area contributed by atoms with Crippen molar-refractivity contribution in [1.29, 1.82) is 0 Å². The van der Waals surface area contributed by atoms with E-state index in [9.17, 15) is 4.79 Å². The van der Waals surface area contributed by atoms with Crippen LogP contribution in [0.15, 0.2) is 30.3 Å². The normalized spacial score (nSPS) is 11.8. The van der Waals surface area contributed by atoms with Crippen molar-refractivity contribution >= 4 is 12.0 Å². The van der Waals surface area contributed by atoms with Gasteiger partial charge in [-0.25, -0.2) is 0 Å². The van der Waals surface area contributed by atoms with Gasteiger partial charge in [-0.15, -0.1) is 0 Å². The number of carbonyl (C=O) groups is 1. The molecule has 0 aliphatic rings. The molecule has 2 heteroatoms. The van der Waals surface area contributed by atoms with Crippen LogP contribution in [0.3, 0.4) is 0 Å². The van der Waals surface area contributed by atoms with Crippen LogP contribution >= 0.6 is 0 Å². The Morgan fingerprint density at radius 1 is 1.15 bits per heavy atom. The molecule has 0 aliphatic carbocycles. The Balaban J connectivity index is 2.54. The van der Waals surface area contributed by atoms with E-state index in [0.717, 1.165) is 12.1 Å². The van der Waals surface area contributed by atoms with Crippen LogP contribution in [0, 0.1) is 24.7 Å². The van der Waals surface area contributed by atoms with Crippen LogP contribution < -0.4 is 5.32 Å². The highest BCUT2D eigenvalue weighted by Gasteiger charge is 2.17. The molecule has 0 radical (unpaired) electrons. The summed E-state index contributed by atoms with van der Waals surface area (Å²) in [5.74, 6) is 1.66. The van der Waals surface area contributed by atoms with Gasteiger partial charge in [-0.2, -0.15) is 0 Å². The molecule has 0 saturated carbocycles. The SMILES string of the molecule is Cc1ccccc1/C=C/C(=O)NCC(C(C)C)C(C)C. The molecular weight excluding hydrogens is 246 g/mol. The van der Waals surface area contributed by atoms with Gasteiger partial charge >= 0.3 is 0 Å². The van der Waals surface area contributed by atoms with Crippen LogP contribution in [0.25, 0.3) is 6.08 Å². The molecular formula is C18H27NO. The summed E-state index contributed by atoms with van der Waals surface area (Å²) in [7, 11) is 0. The monoisotopic (exact) mass is 273 g/mol. The van der Waals surface area contributed by atoms with E-state index in [1.807, 2.05) is 37.3 Å². The topological polar surface area (TPSA) is 29.1 Å². The average Bonchev–Trinajstić information content (AvgIpc) is 2.37. The van der Waals surface area contributed by atoms with Crippen molar-refractivity contribution < 1.29 is 4.79 Å². The second kappa shape index (κ2) is 7.88.